The third kappa shape index (κ3) is 5.99. The van der Waals surface area contributed by atoms with Crippen LogP contribution in [0.5, 0.6) is 11.5 Å². The zero-order valence-electron chi connectivity index (χ0n) is 13.8. The van der Waals surface area contributed by atoms with Crippen LogP contribution in [0, 0.1) is 10.1 Å². The number of methoxy groups -OCH3 is 2. The molecular formula is C13H20Cl2N3O6P. The van der Waals surface area contributed by atoms with E-state index in [0.717, 1.165) is 0 Å². The molecule has 0 spiro atoms. The number of ether oxygens (including phenoxy) is 2. The van der Waals surface area contributed by atoms with Crippen molar-refractivity contribution in [3.05, 3.63) is 27.8 Å². The van der Waals surface area contributed by atoms with Gasteiger partial charge < -0.3 is 14.0 Å². The van der Waals surface area contributed by atoms with Crippen molar-refractivity contribution in [2.45, 2.75) is 6.61 Å². The summed E-state index contributed by atoms with van der Waals surface area (Å²) in [5.41, 5.74) is 5.63. The zero-order valence-corrected chi connectivity index (χ0v) is 16.2. The summed E-state index contributed by atoms with van der Waals surface area (Å²) in [7, 11) is -0.967. The van der Waals surface area contributed by atoms with Gasteiger partial charge in [-0.25, -0.2) is 10.2 Å². The Morgan fingerprint density at radius 3 is 2.16 bits per heavy atom. The van der Waals surface area contributed by atoms with E-state index >= 15 is 0 Å². The largest absolute Gasteiger partial charge is 0.493 e. The van der Waals surface area contributed by atoms with E-state index in [0.29, 0.717) is 0 Å². The van der Waals surface area contributed by atoms with Crippen LogP contribution < -0.4 is 15.0 Å². The summed E-state index contributed by atoms with van der Waals surface area (Å²) in [6.45, 7) is 0.0533. The van der Waals surface area contributed by atoms with E-state index in [1.54, 1.807) is 0 Å². The molecule has 1 rings (SSSR count). The average molecular weight is 416 g/mol. The number of alkyl halides is 2. The molecule has 12 heteroatoms. The van der Waals surface area contributed by atoms with E-state index in [1.165, 1.54) is 31.0 Å². The smallest absolute Gasteiger partial charge is 0.341 e. The maximum absolute atomic E-state index is 12.6. The van der Waals surface area contributed by atoms with E-state index in [9.17, 15) is 14.7 Å². The molecule has 9 nitrogen and oxygen atoms in total. The van der Waals surface area contributed by atoms with Gasteiger partial charge in [0.2, 0.25) is 0 Å². The summed E-state index contributed by atoms with van der Waals surface area (Å²) in [6.07, 6.45) is 0. The molecule has 0 heterocycles. The molecule has 1 aromatic carbocycles. The lowest BCUT2D eigenvalue weighted by molar-refractivity contribution is -0.385. The monoisotopic (exact) mass is 415 g/mol. The Morgan fingerprint density at radius 2 is 1.72 bits per heavy atom. The van der Waals surface area contributed by atoms with Crippen LogP contribution in [0.25, 0.3) is 0 Å². The van der Waals surface area contributed by atoms with Crippen LogP contribution in [0.15, 0.2) is 12.1 Å². The second-order valence-corrected chi connectivity index (χ2v) is 7.47. The van der Waals surface area contributed by atoms with Crippen LogP contribution in [0.2, 0.25) is 0 Å². The minimum atomic E-state index is -3.72. The van der Waals surface area contributed by atoms with E-state index in [2.05, 4.69) is 0 Å². The lowest BCUT2D eigenvalue weighted by Gasteiger charge is -2.26. The van der Waals surface area contributed by atoms with Crippen molar-refractivity contribution < 1.29 is 23.5 Å². The van der Waals surface area contributed by atoms with Gasteiger partial charge in [0.05, 0.1) is 37.4 Å². The van der Waals surface area contributed by atoms with Crippen molar-refractivity contribution in [2.75, 3.05) is 39.1 Å². The Labute approximate surface area is 155 Å². The molecule has 0 aliphatic heterocycles. The highest BCUT2D eigenvalue weighted by atomic mass is 35.5. The van der Waals surface area contributed by atoms with Crippen LogP contribution in [0.3, 0.4) is 0 Å². The van der Waals surface area contributed by atoms with Crippen LogP contribution in [0.1, 0.15) is 5.56 Å². The molecule has 2 N–H and O–H groups in total. The lowest BCUT2D eigenvalue weighted by Crippen LogP contribution is -2.29. The molecule has 0 fully saturated rings. The zero-order chi connectivity index (χ0) is 19.0. The van der Waals surface area contributed by atoms with Crippen LogP contribution in [-0.4, -0.2) is 48.7 Å². The number of nitro groups is 1. The molecular weight excluding hydrogens is 396 g/mol. The van der Waals surface area contributed by atoms with Gasteiger partial charge in [-0.3, -0.25) is 14.7 Å². The van der Waals surface area contributed by atoms with Crippen LogP contribution in [0.4, 0.5) is 5.69 Å². The van der Waals surface area contributed by atoms with Crippen molar-refractivity contribution in [2.24, 2.45) is 5.50 Å². The molecule has 0 aliphatic rings. The van der Waals surface area contributed by atoms with Crippen molar-refractivity contribution in [3.63, 3.8) is 0 Å². The number of nitrogens with zero attached hydrogens (tertiary/aromatic N) is 2. The standard InChI is InChI=1S/C13H20Cl2N3O6P/c1-22-12-7-10(11(18(19)20)8-13(12)23-2)9-24-25(16,21)17(5-3-14)6-4-15/h7-8H,3-6,9H2,1-2H3,(H2,16,21). The Hall–Kier alpha value is -1.09. The lowest BCUT2D eigenvalue weighted by atomic mass is 10.1. The van der Waals surface area contributed by atoms with E-state index < -0.39 is 12.6 Å². The quantitative estimate of drug-likeness (QED) is 0.253. The summed E-state index contributed by atoms with van der Waals surface area (Å²) in [4.78, 5) is 10.7. The molecule has 25 heavy (non-hydrogen) atoms. The fraction of sp³-hybridized carbons (Fsp3) is 0.538. The third-order valence-corrected chi connectivity index (χ3v) is 5.29. The molecule has 142 valence electrons. The molecule has 0 radical (unpaired) electrons. The molecule has 0 aromatic heterocycles. The highest BCUT2D eigenvalue weighted by Gasteiger charge is 2.28. The Bertz CT molecular complexity index is 642. The number of halogens is 2. The summed E-state index contributed by atoms with van der Waals surface area (Å²) in [5, 5.41) is 11.3. The predicted molar refractivity (Wildman–Crippen MR) is 95.8 cm³/mol. The summed E-state index contributed by atoms with van der Waals surface area (Å²) in [5.74, 6) is 0.826. The van der Waals surface area contributed by atoms with Gasteiger partial charge in [0.1, 0.15) is 0 Å². The third-order valence-electron chi connectivity index (χ3n) is 3.27. The van der Waals surface area contributed by atoms with Gasteiger partial charge >= 0.3 is 7.67 Å². The predicted octanol–water partition coefficient (Wildman–Crippen LogP) is 2.98. The first-order valence-corrected chi connectivity index (χ1v) is 9.82. The summed E-state index contributed by atoms with van der Waals surface area (Å²) < 4.78 is 29.3. The number of nitro benzene ring substituents is 1. The second-order valence-electron chi connectivity index (χ2n) is 4.76. The van der Waals surface area contributed by atoms with E-state index in [4.69, 9.17) is 42.7 Å². The molecule has 1 unspecified atom stereocenters. The first-order chi connectivity index (χ1) is 11.8. The Balaban J connectivity index is 3.08. The van der Waals surface area contributed by atoms with Crippen molar-refractivity contribution in [1.82, 2.24) is 4.67 Å². The summed E-state index contributed by atoms with van der Waals surface area (Å²) in [6, 6.07) is 2.58. The van der Waals surface area contributed by atoms with Crippen LogP contribution >= 0.6 is 30.9 Å². The first-order valence-electron chi connectivity index (χ1n) is 7.10. The fourth-order valence-electron chi connectivity index (χ4n) is 2.03. The van der Waals surface area contributed by atoms with E-state index in [-0.39, 0.29) is 54.2 Å². The van der Waals surface area contributed by atoms with E-state index in [1.807, 2.05) is 0 Å². The van der Waals surface area contributed by atoms with Gasteiger partial charge in [0.15, 0.2) is 11.5 Å². The normalized spacial score (nSPS) is 13.5. The molecule has 0 amide bonds. The molecule has 1 atom stereocenters. The van der Waals surface area contributed by atoms with Crippen molar-refractivity contribution >= 4 is 36.6 Å². The SMILES string of the molecule is COc1cc(COP(N)(=O)N(CCCl)CCCl)c([N+](=O)[O-])cc1OC. The van der Waals surface area contributed by atoms with Crippen molar-refractivity contribution in [3.8, 4) is 11.5 Å². The number of hydrogen-bond donors (Lipinski definition) is 1. The fourth-order valence-corrected chi connectivity index (χ4v) is 3.91. The first kappa shape index (κ1) is 22.0. The highest BCUT2D eigenvalue weighted by molar-refractivity contribution is 7.53. The molecule has 0 bridgehead atoms. The minimum Gasteiger partial charge on any atom is -0.493 e. The molecule has 0 saturated heterocycles. The van der Waals surface area contributed by atoms with Gasteiger partial charge in [-0.1, -0.05) is 0 Å². The molecule has 0 aliphatic carbocycles. The van der Waals surface area contributed by atoms with Crippen LogP contribution in [-0.2, 0) is 15.7 Å². The number of rotatable bonds is 11. The number of nitrogens with two attached hydrogens (primary N) is 1. The topological polar surface area (TPSA) is 117 Å². The molecule has 1 aromatic rings. The highest BCUT2D eigenvalue weighted by Crippen LogP contribution is 2.44. The van der Waals surface area contributed by atoms with Gasteiger partial charge in [-0.05, 0) is 6.07 Å². The second kappa shape index (κ2) is 10.2. The van der Waals surface area contributed by atoms with Crippen molar-refractivity contribution in [1.29, 1.82) is 0 Å². The summed E-state index contributed by atoms with van der Waals surface area (Å²) >= 11 is 11.3. The number of benzene rings is 1. The average Bonchev–Trinajstić information content (AvgIpc) is 2.58. The maximum atomic E-state index is 12.6. The van der Waals surface area contributed by atoms with Gasteiger partial charge in [0, 0.05) is 24.8 Å². The minimum absolute atomic E-state index is 0.144. The Kier molecular flexibility index (Phi) is 8.92. The van der Waals surface area contributed by atoms with Gasteiger partial charge in [0.25, 0.3) is 5.69 Å². The maximum Gasteiger partial charge on any atom is 0.341 e. The van der Waals surface area contributed by atoms with Gasteiger partial charge in [-0.15, -0.1) is 23.2 Å². The number of hydrogen-bond acceptors (Lipinski definition) is 6. The molecule has 0 saturated carbocycles. The van der Waals surface area contributed by atoms with Gasteiger partial charge in [-0.2, -0.15) is 0 Å². The Morgan fingerprint density at radius 1 is 1.20 bits per heavy atom.